The van der Waals surface area contributed by atoms with Crippen molar-refractivity contribution in [2.75, 3.05) is 19.7 Å². The van der Waals surface area contributed by atoms with Crippen LogP contribution in [0.1, 0.15) is 26.2 Å². The van der Waals surface area contributed by atoms with Crippen LogP contribution in [0.4, 0.5) is 4.79 Å². The fourth-order valence-corrected chi connectivity index (χ4v) is 1.30. The van der Waals surface area contributed by atoms with E-state index in [4.69, 9.17) is 4.74 Å². The zero-order chi connectivity index (χ0) is 8.81. The summed E-state index contributed by atoms with van der Waals surface area (Å²) in [4.78, 5) is 10.9. The van der Waals surface area contributed by atoms with E-state index in [1.165, 1.54) is 6.42 Å². The van der Waals surface area contributed by atoms with E-state index >= 15 is 0 Å². The third kappa shape index (κ3) is 3.09. The van der Waals surface area contributed by atoms with Crippen molar-refractivity contribution in [2.24, 2.45) is 0 Å². The Morgan fingerprint density at radius 3 is 2.67 bits per heavy atom. The van der Waals surface area contributed by atoms with Gasteiger partial charge in [0.15, 0.2) is 0 Å². The Balaban J connectivity index is 2.15. The van der Waals surface area contributed by atoms with E-state index in [0.717, 1.165) is 25.9 Å². The second-order valence-electron chi connectivity index (χ2n) is 2.88. The number of nitrogens with zero attached hydrogens (tertiary/aromatic N) is 1. The summed E-state index contributed by atoms with van der Waals surface area (Å²) in [5.74, 6) is 0. The van der Waals surface area contributed by atoms with Gasteiger partial charge in [-0.05, 0) is 19.8 Å². The Labute approximate surface area is 72.8 Å². The summed E-state index contributed by atoms with van der Waals surface area (Å²) >= 11 is 0. The van der Waals surface area contributed by atoms with E-state index in [9.17, 15) is 4.79 Å². The summed E-state index contributed by atoms with van der Waals surface area (Å²) in [5, 5.41) is 1.92. The highest BCUT2D eigenvalue weighted by Crippen LogP contribution is 2.05. The molecule has 12 heavy (non-hydrogen) atoms. The molecule has 1 heterocycles. The van der Waals surface area contributed by atoms with Crippen LogP contribution in [0.3, 0.4) is 0 Å². The van der Waals surface area contributed by atoms with E-state index < -0.39 is 0 Å². The largest absolute Gasteiger partial charge is 0.449 e. The van der Waals surface area contributed by atoms with E-state index in [0.29, 0.717) is 6.61 Å². The summed E-state index contributed by atoms with van der Waals surface area (Å²) in [6, 6.07) is 0. The van der Waals surface area contributed by atoms with Crippen LogP contribution in [0.25, 0.3) is 0 Å². The van der Waals surface area contributed by atoms with Crippen molar-refractivity contribution in [2.45, 2.75) is 26.2 Å². The molecule has 0 aromatic rings. The van der Waals surface area contributed by atoms with Crippen LogP contribution in [0, 0.1) is 0 Å². The lowest BCUT2D eigenvalue weighted by molar-refractivity contribution is 0.0989. The molecule has 0 radical (unpaired) electrons. The number of piperidine rings is 1. The normalized spacial score (nSPS) is 18.8. The number of hydrazine groups is 1. The van der Waals surface area contributed by atoms with Gasteiger partial charge in [-0.2, -0.15) is 0 Å². The van der Waals surface area contributed by atoms with Gasteiger partial charge in [-0.15, -0.1) is 0 Å². The molecule has 4 nitrogen and oxygen atoms in total. The molecule has 0 spiro atoms. The van der Waals surface area contributed by atoms with Crippen molar-refractivity contribution < 1.29 is 9.53 Å². The molecular weight excluding hydrogens is 156 g/mol. The molecule has 4 heteroatoms. The lowest BCUT2D eigenvalue weighted by Gasteiger charge is -2.26. The van der Waals surface area contributed by atoms with Crippen LogP contribution in [-0.2, 0) is 4.74 Å². The minimum atomic E-state index is -0.334. The Hall–Kier alpha value is -0.770. The molecular formula is C8H16N2O2. The van der Waals surface area contributed by atoms with Gasteiger partial charge in [0.05, 0.1) is 6.61 Å². The predicted molar refractivity (Wildman–Crippen MR) is 45.6 cm³/mol. The van der Waals surface area contributed by atoms with Crippen LogP contribution >= 0.6 is 0 Å². The topological polar surface area (TPSA) is 41.6 Å². The molecule has 0 aromatic carbocycles. The molecule has 0 atom stereocenters. The van der Waals surface area contributed by atoms with Gasteiger partial charge in [-0.1, -0.05) is 6.42 Å². The SMILES string of the molecule is CCOC(=O)NN1CCCCC1. The van der Waals surface area contributed by atoms with Gasteiger partial charge < -0.3 is 4.74 Å². The number of carbonyl (C=O) groups is 1. The number of carbonyl (C=O) groups excluding carboxylic acids is 1. The first-order valence-corrected chi connectivity index (χ1v) is 4.51. The van der Waals surface area contributed by atoms with Gasteiger partial charge >= 0.3 is 6.09 Å². The quantitative estimate of drug-likeness (QED) is 0.679. The first-order chi connectivity index (χ1) is 5.83. The van der Waals surface area contributed by atoms with Gasteiger partial charge in [0.1, 0.15) is 0 Å². The summed E-state index contributed by atoms with van der Waals surface area (Å²) in [6.07, 6.45) is 3.25. The average molecular weight is 172 g/mol. The van der Waals surface area contributed by atoms with Gasteiger partial charge in [-0.25, -0.2) is 9.80 Å². The Bertz CT molecular complexity index is 144. The molecule has 0 unspecified atom stereocenters. The molecule has 1 N–H and O–H groups in total. The maximum Gasteiger partial charge on any atom is 0.421 e. The standard InChI is InChI=1S/C8H16N2O2/c1-2-12-8(11)9-10-6-4-3-5-7-10/h2-7H2,1H3,(H,9,11). The lowest BCUT2D eigenvalue weighted by atomic mass is 10.2. The van der Waals surface area contributed by atoms with Gasteiger partial charge in [-0.3, -0.25) is 5.43 Å². The van der Waals surface area contributed by atoms with Crippen LogP contribution in [0.2, 0.25) is 0 Å². The Morgan fingerprint density at radius 2 is 2.08 bits per heavy atom. The molecule has 70 valence electrons. The summed E-state index contributed by atoms with van der Waals surface area (Å²) in [7, 11) is 0. The maximum absolute atomic E-state index is 10.9. The van der Waals surface area contributed by atoms with E-state index in [2.05, 4.69) is 5.43 Å². The van der Waals surface area contributed by atoms with Crippen LogP contribution in [0.5, 0.6) is 0 Å². The summed E-state index contributed by atoms with van der Waals surface area (Å²) in [5.41, 5.74) is 2.69. The minimum Gasteiger partial charge on any atom is -0.449 e. The molecule has 1 fully saturated rings. The van der Waals surface area contributed by atoms with Gasteiger partial charge in [0.2, 0.25) is 0 Å². The molecule has 0 aliphatic carbocycles. The molecule has 1 amide bonds. The van der Waals surface area contributed by atoms with Gasteiger partial charge in [0.25, 0.3) is 0 Å². The van der Waals surface area contributed by atoms with Gasteiger partial charge in [0, 0.05) is 13.1 Å². The van der Waals surface area contributed by atoms with Crippen molar-refractivity contribution >= 4 is 6.09 Å². The number of ether oxygens (including phenoxy) is 1. The lowest BCUT2D eigenvalue weighted by Crippen LogP contribution is -2.45. The van der Waals surface area contributed by atoms with Crippen molar-refractivity contribution in [3.05, 3.63) is 0 Å². The Morgan fingerprint density at radius 1 is 1.42 bits per heavy atom. The second-order valence-corrected chi connectivity index (χ2v) is 2.88. The Kier molecular flexibility index (Phi) is 3.87. The summed E-state index contributed by atoms with van der Waals surface area (Å²) in [6.45, 7) is 4.12. The highest BCUT2D eigenvalue weighted by molar-refractivity contribution is 5.66. The number of nitrogens with one attached hydrogen (secondary N) is 1. The van der Waals surface area contributed by atoms with E-state index in [1.807, 2.05) is 5.01 Å². The molecule has 1 aliphatic rings. The molecule has 1 rings (SSSR count). The first kappa shape index (κ1) is 9.32. The maximum atomic E-state index is 10.9. The monoisotopic (exact) mass is 172 g/mol. The van der Waals surface area contributed by atoms with Crippen LogP contribution in [0.15, 0.2) is 0 Å². The van der Waals surface area contributed by atoms with E-state index in [1.54, 1.807) is 6.92 Å². The zero-order valence-corrected chi connectivity index (χ0v) is 7.51. The minimum absolute atomic E-state index is 0.334. The van der Waals surface area contributed by atoms with Crippen molar-refractivity contribution in [3.8, 4) is 0 Å². The van der Waals surface area contributed by atoms with E-state index in [-0.39, 0.29) is 6.09 Å². The second kappa shape index (κ2) is 4.98. The number of amides is 1. The number of hydrogen-bond acceptors (Lipinski definition) is 3. The number of hydrogen-bond donors (Lipinski definition) is 1. The predicted octanol–water partition coefficient (Wildman–Crippen LogP) is 1.13. The highest BCUT2D eigenvalue weighted by Gasteiger charge is 2.12. The van der Waals surface area contributed by atoms with Crippen LogP contribution < -0.4 is 5.43 Å². The fourth-order valence-electron chi connectivity index (χ4n) is 1.30. The van der Waals surface area contributed by atoms with Crippen molar-refractivity contribution in [1.82, 2.24) is 10.4 Å². The van der Waals surface area contributed by atoms with Crippen molar-refractivity contribution in [1.29, 1.82) is 0 Å². The van der Waals surface area contributed by atoms with Crippen LogP contribution in [-0.4, -0.2) is 30.8 Å². The average Bonchev–Trinajstić information content (AvgIpc) is 2.06. The summed E-state index contributed by atoms with van der Waals surface area (Å²) < 4.78 is 4.75. The molecule has 0 aromatic heterocycles. The zero-order valence-electron chi connectivity index (χ0n) is 7.51. The first-order valence-electron chi connectivity index (χ1n) is 4.51. The highest BCUT2D eigenvalue weighted by atomic mass is 16.6. The van der Waals surface area contributed by atoms with Crippen molar-refractivity contribution in [3.63, 3.8) is 0 Å². The third-order valence-electron chi connectivity index (χ3n) is 1.88. The number of rotatable bonds is 2. The fraction of sp³-hybridized carbons (Fsp3) is 0.875. The smallest absolute Gasteiger partial charge is 0.421 e. The molecule has 0 saturated carbocycles. The molecule has 0 bridgehead atoms. The molecule has 1 saturated heterocycles. The molecule has 1 aliphatic heterocycles. The third-order valence-corrected chi connectivity index (χ3v) is 1.88.